The molecule has 0 spiro atoms. The molecule has 1 aliphatic heterocycles. The van der Waals surface area contributed by atoms with Crippen LogP contribution >= 0.6 is 35.6 Å². The number of aliphatic imine (C=N–C) groups is 1. The summed E-state index contributed by atoms with van der Waals surface area (Å²) in [6.07, 6.45) is 2.57. The van der Waals surface area contributed by atoms with E-state index in [0.29, 0.717) is 35.2 Å². The van der Waals surface area contributed by atoms with E-state index in [1.54, 1.807) is 19.2 Å². The molecule has 0 amide bonds. The van der Waals surface area contributed by atoms with Gasteiger partial charge in [0.25, 0.3) is 0 Å². The smallest absolute Gasteiger partial charge is 0.193 e. The Hall–Kier alpha value is -0.730. The molecule has 1 atom stereocenters. The summed E-state index contributed by atoms with van der Waals surface area (Å²) in [6, 6.07) is 5.90. The first kappa shape index (κ1) is 21.3. The van der Waals surface area contributed by atoms with Crippen molar-refractivity contribution < 1.29 is 4.74 Å². The van der Waals surface area contributed by atoms with Crippen LogP contribution in [0.15, 0.2) is 23.2 Å². The molecule has 0 bridgehead atoms. The maximum absolute atomic E-state index is 6.12. The number of halogens is 2. The van der Waals surface area contributed by atoms with E-state index in [9.17, 15) is 0 Å². The molecule has 5 nitrogen and oxygen atoms in total. The van der Waals surface area contributed by atoms with Gasteiger partial charge in [0.15, 0.2) is 5.96 Å². The van der Waals surface area contributed by atoms with Gasteiger partial charge in [-0.2, -0.15) is 0 Å². The largest absolute Gasteiger partial charge is 0.495 e. The van der Waals surface area contributed by atoms with Gasteiger partial charge in [-0.05, 0) is 50.0 Å². The molecule has 0 saturated carbocycles. The zero-order chi connectivity index (χ0) is 16.8. The summed E-state index contributed by atoms with van der Waals surface area (Å²) in [5.74, 6) is 1.61. The Morgan fingerprint density at radius 1 is 1.38 bits per heavy atom. The molecule has 1 aliphatic rings. The van der Waals surface area contributed by atoms with Crippen LogP contribution in [0.25, 0.3) is 0 Å². The summed E-state index contributed by atoms with van der Waals surface area (Å²) in [4.78, 5) is 7.04. The third kappa shape index (κ3) is 5.97. The molecule has 7 heteroatoms. The number of anilines is 1. The molecule has 1 aromatic rings. The Bertz CT molecular complexity index is 547. The zero-order valence-electron chi connectivity index (χ0n) is 14.6. The highest BCUT2D eigenvalue weighted by atomic mass is 127. The molecule has 0 aromatic heterocycles. The van der Waals surface area contributed by atoms with Crippen LogP contribution in [-0.4, -0.2) is 43.6 Å². The van der Waals surface area contributed by atoms with E-state index in [1.807, 2.05) is 6.07 Å². The fourth-order valence-electron chi connectivity index (χ4n) is 2.94. The molecule has 0 radical (unpaired) electrons. The minimum Gasteiger partial charge on any atom is -0.495 e. The van der Waals surface area contributed by atoms with E-state index >= 15 is 0 Å². The van der Waals surface area contributed by atoms with Gasteiger partial charge < -0.3 is 15.8 Å². The third-order valence-electron chi connectivity index (χ3n) is 4.25. The maximum Gasteiger partial charge on any atom is 0.193 e. The molecule has 2 rings (SSSR count). The molecule has 1 unspecified atom stereocenters. The van der Waals surface area contributed by atoms with Gasteiger partial charge >= 0.3 is 0 Å². The highest BCUT2D eigenvalue weighted by Gasteiger charge is 2.24. The Labute approximate surface area is 167 Å². The van der Waals surface area contributed by atoms with Gasteiger partial charge in [0.1, 0.15) is 5.75 Å². The molecule has 0 aliphatic carbocycles. The predicted octanol–water partition coefficient (Wildman–Crippen LogP) is 3.81. The first-order chi connectivity index (χ1) is 11.0. The second-order valence-corrected chi connectivity index (χ2v) is 6.66. The van der Waals surface area contributed by atoms with Crippen LogP contribution in [0.2, 0.25) is 5.02 Å². The molecule has 136 valence electrons. The van der Waals surface area contributed by atoms with Crippen LogP contribution in [0, 0.1) is 5.92 Å². The van der Waals surface area contributed by atoms with Gasteiger partial charge in [-0.25, -0.2) is 0 Å². The van der Waals surface area contributed by atoms with Crippen LogP contribution in [0.5, 0.6) is 5.75 Å². The van der Waals surface area contributed by atoms with Crippen LogP contribution in [0.3, 0.4) is 0 Å². The van der Waals surface area contributed by atoms with Crippen LogP contribution in [0.1, 0.15) is 26.7 Å². The number of ether oxygens (including phenoxy) is 1. The number of nitrogens with two attached hydrogens (primary N) is 1. The first-order valence-electron chi connectivity index (χ1n) is 8.15. The highest BCUT2D eigenvalue weighted by molar-refractivity contribution is 14.0. The molecule has 1 fully saturated rings. The fourth-order valence-corrected chi connectivity index (χ4v) is 3.20. The minimum atomic E-state index is 0. The average Bonchev–Trinajstić information content (AvgIpc) is 3.01. The molecule has 1 aromatic carbocycles. The summed E-state index contributed by atoms with van der Waals surface area (Å²) in [5.41, 5.74) is 6.82. The molecular formula is C17H28ClIN4O. The summed E-state index contributed by atoms with van der Waals surface area (Å²) < 4.78 is 5.14. The van der Waals surface area contributed by atoms with Crippen molar-refractivity contribution in [3.63, 3.8) is 0 Å². The third-order valence-corrected chi connectivity index (χ3v) is 4.55. The quantitative estimate of drug-likeness (QED) is 0.380. The normalized spacial score (nSPS) is 16.8. The number of nitrogens with one attached hydrogen (secondary N) is 1. The van der Waals surface area contributed by atoms with E-state index in [-0.39, 0.29) is 24.0 Å². The van der Waals surface area contributed by atoms with Crippen molar-refractivity contribution in [3.05, 3.63) is 23.2 Å². The average molecular weight is 467 g/mol. The van der Waals surface area contributed by atoms with Crippen LogP contribution < -0.4 is 15.8 Å². The minimum absolute atomic E-state index is 0. The van der Waals surface area contributed by atoms with E-state index in [0.717, 1.165) is 5.69 Å². The van der Waals surface area contributed by atoms with Crippen molar-refractivity contribution >= 4 is 47.2 Å². The number of guanidine groups is 1. The van der Waals surface area contributed by atoms with Crippen molar-refractivity contribution in [3.8, 4) is 5.75 Å². The van der Waals surface area contributed by atoms with Gasteiger partial charge in [-0.15, -0.1) is 24.0 Å². The maximum atomic E-state index is 6.12. The predicted molar refractivity (Wildman–Crippen MR) is 113 cm³/mol. The van der Waals surface area contributed by atoms with Crippen molar-refractivity contribution in [1.82, 2.24) is 4.90 Å². The topological polar surface area (TPSA) is 62.9 Å². The van der Waals surface area contributed by atoms with Gasteiger partial charge in [-0.3, -0.25) is 9.89 Å². The zero-order valence-corrected chi connectivity index (χ0v) is 17.7. The van der Waals surface area contributed by atoms with Crippen molar-refractivity contribution in [2.45, 2.75) is 32.7 Å². The molecule has 24 heavy (non-hydrogen) atoms. The number of likely N-dealkylation sites (tertiary alicyclic amines) is 1. The van der Waals surface area contributed by atoms with Crippen molar-refractivity contribution in [1.29, 1.82) is 0 Å². The standard InChI is InChI=1S/C17H27ClN4O.HI/c1-12(2)15(22-8-4-5-9-22)11-20-17(19)21-13-6-7-16(23-3)14(18)10-13;/h6-7,10,12,15H,4-5,8-9,11H2,1-3H3,(H3,19,20,21);1H. The lowest BCUT2D eigenvalue weighted by Crippen LogP contribution is -2.40. The first-order valence-corrected chi connectivity index (χ1v) is 8.53. The Morgan fingerprint density at radius 3 is 2.58 bits per heavy atom. The lowest BCUT2D eigenvalue weighted by molar-refractivity contribution is 0.198. The molecule has 1 heterocycles. The monoisotopic (exact) mass is 466 g/mol. The van der Waals surface area contributed by atoms with Gasteiger partial charge in [0.05, 0.1) is 18.7 Å². The molecule has 3 N–H and O–H groups in total. The Morgan fingerprint density at radius 2 is 2.04 bits per heavy atom. The SMILES string of the molecule is COc1ccc(NC(N)=NCC(C(C)C)N2CCCC2)cc1Cl.I. The second-order valence-electron chi connectivity index (χ2n) is 6.25. The number of hydrogen-bond acceptors (Lipinski definition) is 3. The number of methoxy groups -OCH3 is 1. The van der Waals surface area contributed by atoms with Crippen molar-refractivity contribution in [2.75, 3.05) is 32.1 Å². The van der Waals surface area contributed by atoms with E-state index < -0.39 is 0 Å². The van der Waals surface area contributed by atoms with Crippen LogP contribution in [0.4, 0.5) is 5.69 Å². The molecule has 1 saturated heterocycles. The molecular weight excluding hydrogens is 439 g/mol. The lowest BCUT2D eigenvalue weighted by atomic mass is 10.0. The van der Waals surface area contributed by atoms with Crippen molar-refractivity contribution in [2.24, 2.45) is 16.6 Å². The number of benzene rings is 1. The number of hydrogen-bond donors (Lipinski definition) is 2. The summed E-state index contributed by atoms with van der Waals surface area (Å²) in [6.45, 7) is 7.52. The van der Waals surface area contributed by atoms with Crippen LogP contribution in [-0.2, 0) is 0 Å². The van der Waals surface area contributed by atoms with Gasteiger partial charge in [0, 0.05) is 11.7 Å². The second kappa shape index (κ2) is 10.3. The fraction of sp³-hybridized carbons (Fsp3) is 0.588. The lowest BCUT2D eigenvalue weighted by Gasteiger charge is -2.29. The number of nitrogens with zero attached hydrogens (tertiary/aromatic N) is 2. The summed E-state index contributed by atoms with van der Waals surface area (Å²) in [7, 11) is 1.59. The Kier molecular flexibility index (Phi) is 9.15. The van der Waals surface area contributed by atoms with Gasteiger partial charge in [0.2, 0.25) is 0 Å². The number of rotatable bonds is 6. The summed E-state index contributed by atoms with van der Waals surface area (Å²) in [5, 5.41) is 3.63. The summed E-state index contributed by atoms with van der Waals surface area (Å²) >= 11 is 6.12. The van der Waals surface area contributed by atoms with Gasteiger partial charge in [-0.1, -0.05) is 25.4 Å². The van der Waals surface area contributed by atoms with E-state index in [2.05, 4.69) is 29.1 Å². The Balaban J connectivity index is 0.00000288. The van der Waals surface area contributed by atoms with E-state index in [1.165, 1.54) is 25.9 Å². The highest BCUT2D eigenvalue weighted by Crippen LogP contribution is 2.27. The van der Waals surface area contributed by atoms with E-state index in [4.69, 9.17) is 22.1 Å².